The molecule has 1 fully saturated rings. The predicted molar refractivity (Wildman–Crippen MR) is 109 cm³/mol. The Bertz CT molecular complexity index is 957. The summed E-state index contributed by atoms with van der Waals surface area (Å²) in [7, 11) is 4.03. The minimum atomic E-state index is -3.81. The third kappa shape index (κ3) is 5.34. The summed E-state index contributed by atoms with van der Waals surface area (Å²) in [5, 5.41) is 12.2. The van der Waals surface area contributed by atoms with Crippen molar-refractivity contribution in [3.05, 3.63) is 47.7 Å². The molecule has 0 aliphatic carbocycles. The van der Waals surface area contributed by atoms with Crippen molar-refractivity contribution in [2.24, 2.45) is 0 Å². The Morgan fingerprint density at radius 2 is 2.10 bits per heavy atom. The van der Waals surface area contributed by atoms with Crippen LogP contribution in [0, 0.1) is 11.3 Å². The van der Waals surface area contributed by atoms with Gasteiger partial charge in [0.15, 0.2) is 0 Å². The number of hydrogen-bond donors (Lipinski definition) is 1. The molecule has 0 radical (unpaired) electrons. The average Bonchev–Trinajstić information content (AvgIpc) is 3.18. The van der Waals surface area contributed by atoms with E-state index in [-0.39, 0.29) is 11.3 Å². The Morgan fingerprint density at radius 1 is 1.40 bits per heavy atom. The fourth-order valence-electron chi connectivity index (χ4n) is 3.21. The third-order valence-corrected chi connectivity index (χ3v) is 4.87. The van der Waals surface area contributed by atoms with E-state index < -0.39 is 11.5 Å². The molecule has 0 unspecified atom stereocenters. The number of aromatic nitrogens is 1. The fraction of sp³-hybridized carbons (Fsp3) is 0.350. The van der Waals surface area contributed by atoms with E-state index in [2.05, 4.69) is 26.0 Å². The molecule has 1 amide bonds. The van der Waals surface area contributed by atoms with E-state index in [0.29, 0.717) is 23.1 Å². The van der Waals surface area contributed by atoms with Crippen molar-refractivity contribution in [3.8, 4) is 11.8 Å². The third-order valence-electron chi connectivity index (χ3n) is 4.79. The van der Waals surface area contributed by atoms with Crippen molar-refractivity contribution < 1.29 is 18.3 Å². The molecule has 7 nitrogen and oxygen atoms in total. The maximum atomic E-state index is 12.7. The van der Waals surface area contributed by atoms with Gasteiger partial charge in [0.2, 0.25) is 0 Å². The number of alkyl halides is 3. The average molecular weight is 436 g/mol. The molecule has 30 heavy (non-hydrogen) atoms. The van der Waals surface area contributed by atoms with E-state index in [1.54, 1.807) is 0 Å². The summed E-state index contributed by atoms with van der Waals surface area (Å²) >= 11 is 4.72. The van der Waals surface area contributed by atoms with Gasteiger partial charge in [-0.25, -0.2) is 4.98 Å². The Labute approximate surface area is 177 Å². The lowest BCUT2D eigenvalue weighted by Gasteiger charge is -2.21. The van der Waals surface area contributed by atoms with Crippen LogP contribution in [0.25, 0.3) is 0 Å². The first-order valence-corrected chi connectivity index (χ1v) is 9.53. The molecule has 1 aromatic carbocycles. The highest BCUT2D eigenvalue weighted by Gasteiger charge is 2.28. The molecule has 1 saturated heterocycles. The van der Waals surface area contributed by atoms with Gasteiger partial charge in [0, 0.05) is 42.6 Å². The number of carbonyl (C=O) groups excluding carboxylic acids is 1. The number of halogens is 3. The Morgan fingerprint density at radius 3 is 2.67 bits per heavy atom. The normalized spacial score (nSPS) is 16.4. The zero-order valence-corrected chi connectivity index (χ0v) is 17.2. The van der Waals surface area contributed by atoms with Gasteiger partial charge in [-0.2, -0.15) is 5.26 Å². The van der Waals surface area contributed by atoms with Crippen molar-refractivity contribution in [3.63, 3.8) is 0 Å². The van der Waals surface area contributed by atoms with E-state index in [4.69, 9.17) is 11.6 Å². The standard InChI is InChI=1S/C20H20ClF2N5O2/c1-27(2)16-7-8-28(12-16)18-13(10-24)9-14(11-25-18)19(29)26-15-3-5-17(6-4-15)30-20(21,22)23/h3-6,9,11,16H,7-8,12H2,1-2H3,(H,26,29)/t16-/m1/s1. The Balaban J connectivity index is 1.70. The van der Waals surface area contributed by atoms with Crippen LogP contribution in [0.15, 0.2) is 36.5 Å². The molecule has 3 rings (SSSR count). The predicted octanol–water partition coefficient (Wildman–Crippen LogP) is 3.51. The lowest BCUT2D eigenvalue weighted by molar-refractivity contribution is -0.0964. The Hall–Kier alpha value is -2.96. The molecule has 2 aromatic rings. The van der Waals surface area contributed by atoms with Crippen LogP contribution in [0.1, 0.15) is 22.3 Å². The zero-order valence-electron chi connectivity index (χ0n) is 16.4. The molecule has 1 N–H and O–H groups in total. The molecule has 1 aliphatic heterocycles. The van der Waals surface area contributed by atoms with E-state index in [9.17, 15) is 18.8 Å². The second kappa shape index (κ2) is 8.81. The van der Waals surface area contributed by atoms with Gasteiger partial charge in [-0.3, -0.25) is 4.79 Å². The van der Waals surface area contributed by atoms with Crippen molar-refractivity contribution in [1.82, 2.24) is 9.88 Å². The lowest BCUT2D eigenvalue weighted by atomic mass is 10.1. The highest BCUT2D eigenvalue weighted by atomic mass is 35.5. The number of ether oxygens (including phenoxy) is 1. The highest BCUT2D eigenvalue weighted by molar-refractivity contribution is 6.20. The van der Waals surface area contributed by atoms with Crippen LogP contribution in [0.2, 0.25) is 0 Å². The Kier molecular flexibility index (Phi) is 6.39. The van der Waals surface area contributed by atoms with Gasteiger partial charge in [0.1, 0.15) is 17.6 Å². The van der Waals surface area contributed by atoms with Gasteiger partial charge in [-0.05, 0) is 50.8 Å². The molecule has 158 valence electrons. The molecule has 10 heteroatoms. The SMILES string of the molecule is CN(C)[C@@H]1CCN(c2ncc(C(=O)Nc3ccc(OC(F)(F)Cl)cc3)cc2C#N)C1. The van der Waals surface area contributed by atoms with E-state index in [1.807, 2.05) is 19.0 Å². The first kappa shape index (κ1) is 21.7. The van der Waals surface area contributed by atoms with Gasteiger partial charge in [0.25, 0.3) is 5.91 Å². The summed E-state index contributed by atoms with van der Waals surface area (Å²) in [6.07, 6.45) is 2.39. The number of carbonyl (C=O) groups is 1. The molecule has 1 atom stereocenters. The molecule has 0 spiro atoms. The molecule has 2 heterocycles. The first-order chi connectivity index (χ1) is 14.2. The number of amides is 1. The van der Waals surface area contributed by atoms with Crippen LogP contribution >= 0.6 is 11.6 Å². The van der Waals surface area contributed by atoms with Crippen molar-refractivity contribution in [2.45, 2.75) is 18.0 Å². The number of rotatable bonds is 6. The molecular weight excluding hydrogens is 416 g/mol. The van der Waals surface area contributed by atoms with Crippen LogP contribution in [-0.4, -0.2) is 54.6 Å². The van der Waals surface area contributed by atoms with Crippen molar-refractivity contribution in [2.75, 3.05) is 37.4 Å². The summed E-state index contributed by atoms with van der Waals surface area (Å²) in [6, 6.07) is 9.28. The molecular formula is C20H20ClF2N5O2. The summed E-state index contributed by atoms with van der Waals surface area (Å²) in [5.41, 5.74) is -2.92. The van der Waals surface area contributed by atoms with Gasteiger partial charge in [0.05, 0.1) is 11.1 Å². The second-order valence-electron chi connectivity index (χ2n) is 7.09. The minimum absolute atomic E-state index is 0.146. The smallest absolute Gasteiger partial charge is 0.420 e. The molecule has 1 aliphatic rings. The van der Waals surface area contributed by atoms with Gasteiger partial charge < -0.3 is 19.9 Å². The summed E-state index contributed by atoms with van der Waals surface area (Å²) in [6.45, 7) is 1.54. The number of nitriles is 1. The molecule has 0 bridgehead atoms. The number of anilines is 2. The maximum Gasteiger partial charge on any atom is 0.487 e. The lowest BCUT2D eigenvalue weighted by Crippen LogP contribution is -2.32. The molecule has 1 aromatic heterocycles. The number of benzene rings is 1. The zero-order chi connectivity index (χ0) is 21.9. The van der Waals surface area contributed by atoms with Crippen LogP contribution in [-0.2, 0) is 0 Å². The highest BCUT2D eigenvalue weighted by Crippen LogP contribution is 2.27. The largest absolute Gasteiger partial charge is 0.487 e. The topological polar surface area (TPSA) is 81.5 Å². The molecule has 0 saturated carbocycles. The van der Waals surface area contributed by atoms with Gasteiger partial charge in [-0.1, -0.05) is 0 Å². The van der Waals surface area contributed by atoms with Gasteiger partial charge >= 0.3 is 5.57 Å². The second-order valence-corrected chi connectivity index (χ2v) is 7.53. The summed E-state index contributed by atoms with van der Waals surface area (Å²) in [4.78, 5) is 21.0. The monoisotopic (exact) mass is 435 g/mol. The van der Waals surface area contributed by atoms with Crippen LogP contribution < -0.4 is 15.0 Å². The summed E-state index contributed by atoms with van der Waals surface area (Å²) < 4.78 is 29.5. The number of nitrogens with zero attached hydrogens (tertiary/aromatic N) is 4. The maximum absolute atomic E-state index is 12.7. The van der Waals surface area contributed by atoms with Crippen LogP contribution in [0.5, 0.6) is 5.75 Å². The van der Waals surface area contributed by atoms with E-state index in [0.717, 1.165) is 19.5 Å². The van der Waals surface area contributed by atoms with Crippen molar-refractivity contribution >= 4 is 29.0 Å². The first-order valence-electron chi connectivity index (χ1n) is 9.15. The fourth-order valence-corrected chi connectivity index (χ4v) is 3.30. The summed E-state index contributed by atoms with van der Waals surface area (Å²) in [5.74, 6) is -0.0659. The number of pyridine rings is 1. The number of nitrogens with one attached hydrogen (secondary N) is 1. The van der Waals surface area contributed by atoms with Crippen molar-refractivity contribution in [1.29, 1.82) is 5.26 Å². The quantitative estimate of drug-likeness (QED) is 0.699. The van der Waals surface area contributed by atoms with Crippen LogP contribution in [0.4, 0.5) is 20.3 Å². The van der Waals surface area contributed by atoms with E-state index in [1.165, 1.54) is 36.5 Å². The number of likely N-dealkylation sites (N-methyl/N-ethyl adjacent to an activating group) is 1. The van der Waals surface area contributed by atoms with Crippen LogP contribution in [0.3, 0.4) is 0 Å². The van der Waals surface area contributed by atoms with E-state index >= 15 is 0 Å². The van der Waals surface area contributed by atoms with Gasteiger partial charge in [-0.15, -0.1) is 8.78 Å². The minimum Gasteiger partial charge on any atom is -0.420 e. The number of hydrogen-bond acceptors (Lipinski definition) is 6.